The molecule has 1 aromatic carbocycles. The third-order valence-corrected chi connectivity index (χ3v) is 6.22. The van der Waals surface area contributed by atoms with E-state index in [1.807, 2.05) is 17.0 Å². The summed E-state index contributed by atoms with van der Waals surface area (Å²) >= 11 is 0. The van der Waals surface area contributed by atoms with E-state index in [2.05, 4.69) is 45.1 Å². The molecule has 1 heterocycles. The predicted octanol–water partition coefficient (Wildman–Crippen LogP) is 4.39. The van der Waals surface area contributed by atoms with Crippen LogP contribution in [0.25, 0.3) is 0 Å². The molecule has 1 aliphatic carbocycles. The SMILES string of the molecule is CC[C@@]1(O)CCC[C@@H]2CN(C(=O)Nc3ccc(C(C)(C)C)cc3)C[C@@H]21. The van der Waals surface area contributed by atoms with Gasteiger partial charge in [0.05, 0.1) is 5.60 Å². The van der Waals surface area contributed by atoms with E-state index in [-0.39, 0.29) is 17.4 Å². The van der Waals surface area contributed by atoms with Crippen molar-refractivity contribution in [2.75, 3.05) is 18.4 Å². The number of nitrogens with zero attached hydrogens (tertiary/aromatic N) is 1. The average Bonchev–Trinajstić information content (AvgIpc) is 3.01. The number of carbonyl (C=O) groups is 1. The van der Waals surface area contributed by atoms with Crippen LogP contribution in [0.15, 0.2) is 24.3 Å². The number of fused-ring (bicyclic) bond motifs is 1. The Morgan fingerprint density at radius 1 is 1.28 bits per heavy atom. The molecule has 2 amide bonds. The Bertz CT molecular complexity index is 620. The number of rotatable bonds is 2. The highest BCUT2D eigenvalue weighted by Gasteiger charge is 2.48. The standard InChI is InChI=1S/C21H32N2O2/c1-5-21(25)12-6-7-15-13-23(14-18(15)21)19(24)22-17-10-8-16(9-11-17)20(2,3)4/h8-11,15,18,25H,5-7,12-14H2,1-4H3,(H,22,24)/t15-,18+,21-/m1/s1. The number of anilines is 1. The number of likely N-dealkylation sites (tertiary alicyclic amines) is 1. The number of carbonyl (C=O) groups excluding carboxylic acids is 1. The van der Waals surface area contributed by atoms with E-state index >= 15 is 0 Å². The Hall–Kier alpha value is -1.55. The van der Waals surface area contributed by atoms with Crippen LogP contribution in [0.4, 0.5) is 10.5 Å². The van der Waals surface area contributed by atoms with Crippen molar-refractivity contribution in [3.63, 3.8) is 0 Å². The first-order valence-electron chi connectivity index (χ1n) is 9.62. The molecule has 0 unspecified atom stereocenters. The van der Waals surface area contributed by atoms with Gasteiger partial charge in [0.25, 0.3) is 0 Å². The predicted molar refractivity (Wildman–Crippen MR) is 102 cm³/mol. The molecule has 2 aliphatic rings. The highest BCUT2D eigenvalue weighted by atomic mass is 16.3. The number of amides is 2. The van der Waals surface area contributed by atoms with Crippen molar-refractivity contribution in [2.24, 2.45) is 11.8 Å². The number of hydrogen-bond donors (Lipinski definition) is 2. The minimum Gasteiger partial charge on any atom is -0.390 e. The van der Waals surface area contributed by atoms with E-state index in [0.29, 0.717) is 12.5 Å². The van der Waals surface area contributed by atoms with Crippen molar-refractivity contribution in [3.05, 3.63) is 29.8 Å². The van der Waals surface area contributed by atoms with Crippen LogP contribution in [-0.2, 0) is 5.41 Å². The van der Waals surface area contributed by atoms with Crippen LogP contribution < -0.4 is 5.32 Å². The van der Waals surface area contributed by atoms with Gasteiger partial charge < -0.3 is 15.3 Å². The van der Waals surface area contributed by atoms with E-state index in [1.54, 1.807) is 0 Å². The Kier molecular flexibility index (Phi) is 4.84. The molecule has 3 rings (SSSR count). The van der Waals surface area contributed by atoms with Crippen molar-refractivity contribution < 1.29 is 9.90 Å². The Morgan fingerprint density at radius 3 is 2.56 bits per heavy atom. The summed E-state index contributed by atoms with van der Waals surface area (Å²) in [6.45, 7) is 10.0. The van der Waals surface area contributed by atoms with Crippen LogP contribution in [0, 0.1) is 11.8 Å². The van der Waals surface area contributed by atoms with Gasteiger partial charge in [-0.25, -0.2) is 4.79 Å². The lowest BCUT2D eigenvalue weighted by atomic mass is 9.69. The van der Waals surface area contributed by atoms with Crippen LogP contribution >= 0.6 is 0 Å². The van der Waals surface area contributed by atoms with Gasteiger partial charge in [0.1, 0.15) is 0 Å². The van der Waals surface area contributed by atoms with Crippen LogP contribution in [0.2, 0.25) is 0 Å². The second-order valence-electron chi connectivity index (χ2n) is 8.88. The molecule has 1 saturated heterocycles. The van der Waals surface area contributed by atoms with E-state index in [0.717, 1.165) is 37.9 Å². The highest BCUT2D eigenvalue weighted by molar-refractivity contribution is 5.89. The van der Waals surface area contributed by atoms with E-state index in [1.165, 1.54) is 5.56 Å². The van der Waals surface area contributed by atoms with Crippen LogP contribution in [0.1, 0.15) is 58.9 Å². The number of urea groups is 1. The van der Waals surface area contributed by atoms with E-state index in [4.69, 9.17) is 0 Å². The van der Waals surface area contributed by atoms with Gasteiger partial charge in [0.15, 0.2) is 0 Å². The fourth-order valence-corrected chi connectivity index (χ4v) is 4.49. The summed E-state index contributed by atoms with van der Waals surface area (Å²) < 4.78 is 0. The van der Waals surface area contributed by atoms with Gasteiger partial charge in [-0.3, -0.25) is 0 Å². The van der Waals surface area contributed by atoms with E-state index < -0.39 is 5.60 Å². The van der Waals surface area contributed by atoms with Crippen LogP contribution in [0.5, 0.6) is 0 Å². The number of hydrogen-bond acceptors (Lipinski definition) is 2. The molecular weight excluding hydrogens is 312 g/mol. The minimum absolute atomic E-state index is 0.0450. The molecule has 25 heavy (non-hydrogen) atoms. The third kappa shape index (κ3) is 3.69. The molecule has 1 saturated carbocycles. The topological polar surface area (TPSA) is 52.6 Å². The lowest BCUT2D eigenvalue weighted by molar-refractivity contribution is -0.0607. The Morgan fingerprint density at radius 2 is 1.96 bits per heavy atom. The molecule has 0 radical (unpaired) electrons. The van der Waals surface area contributed by atoms with Crippen LogP contribution in [0.3, 0.4) is 0 Å². The number of benzene rings is 1. The van der Waals surface area contributed by atoms with E-state index in [9.17, 15) is 9.90 Å². The first-order valence-corrected chi connectivity index (χ1v) is 9.62. The van der Waals surface area contributed by atoms with Crippen molar-refractivity contribution in [1.82, 2.24) is 4.90 Å². The summed E-state index contributed by atoms with van der Waals surface area (Å²) in [5.41, 5.74) is 1.61. The zero-order valence-corrected chi connectivity index (χ0v) is 16.0. The molecule has 3 atom stereocenters. The molecule has 4 nitrogen and oxygen atoms in total. The monoisotopic (exact) mass is 344 g/mol. The zero-order valence-electron chi connectivity index (χ0n) is 16.0. The summed E-state index contributed by atoms with van der Waals surface area (Å²) in [6.07, 6.45) is 3.83. The van der Waals surface area contributed by atoms with Gasteiger partial charge in [-0.1, -0.05) is 46.2 Å². The summed E-state index contributed by atoms with van der Waals surface area (Å²) in [6, 6.07) is 8.06. The molecule has 1 aromatic rings. The van der Waals surface area contributed by atoms with Crippen molar-refractivity contribution in [1.29, 1.82) is 0 Å². The first kappa shape index (κ1) is 18.2. The van der Waals surface area contributed by atoms with Gasteiger partial charge in [0.2, 0.25) is 0 Å². The van der Waals surface area contributed by atoms with Gasteiger partial charge in [0, 0.05) is 24.7 Å². The van der Waals surface area contributed by atoms with Crippen molar-refractivity contribution >= 4 is 11.7 Å². The number of nitrogens with one attached hydrogen (secondary N) is 1. The normalized spacial score (nSPS) is 29.4. The molecule has 0 aromatic heterocycles. The molecule has 2 N–H and O–H groups in total. The fraction of sp³-hybridized carbons (Fsp3) is 0.667. The lowest BCUT2D eigenvalue weighted by Gasteiger charge is -2.40. The second-order valence-corrected chi connectivity index (χ2v) is 8.88. The van der Waals surface area contributed by atoms with Gasteiger partial charge in [-0.2, -0.15) is 0 Å². The van der Waals surface area contributed by atoms with Crippen LogP contribution in [-0.4, -0.2) is 34.7 Å². The van der Waals surface area contributed by atoms with Crippen molar-refractivity contribution in [2.45, 2.75) is 64.4 Å². The summed E-state index contributed by atoms with van der Waals surface area (Å²) in [5, 5.41) is 13.9. The first-order chi connectivity index (χ1) is 11.7. The molecule has 4 heteroatoms. The summed E-state index contributed by atoms with van der Waals surface area (Å²) in [7, 11) is 0. The number of aliphatic hydroxyl groups is 1. The molecular formula is C21H32N2O2. The minimum atomic E-state index is -0.591. The maximum atomic E-state index is 12.7. The molecule has 138 valence electrons. The summed E-state index contributed by atoms with van der Waals surface area (Å²) in [5.74, 6) is 0.660. The largest absolute Gasteiger partial charge is 0.390 e. The van der Waals surface area contributed by atoms with Crippen molar-refractivity contribution in [3.8, 4) is 0 Å². The third-order valence-electron chi connectivity index (χ3n) is 6.22. The molecule has 1 aliphatic heterocycles. The Balaban J connectivity index is 1.65. The highest BCUT2D eigenvalue weighted by Crippen LogP contribution is 2.44. The lowest BCUT2D eigenvalue weighted by Crippen LogP contribution is -2.44. The Labute approximate surface area is 151 Å². The zero-order chi connectivity index (χ0) is 18.2. The maximum absolute atomic E-state index is 12.7. The fourth-order valence-electron chi connectivity index (χ4n) is 4.49. The smallest absolute Gasteiger partial charge is 0.321 e. The van der Waals surface area contributed by atoms with Gasteiger partial charge in [-0.05, 0) is 48.3 Å². The molecule has 0 spiro atoms. The molecule has 0 bridgehead atoms. The van der Waals surface area contributed by atoms with Gasteiger partial charge in [-0.15, -0.1) is 0 Å². The second kappa shape index (κ2) is 6.64. The summed E-state index contributed by atoms with van der Waals surface area (Å²) in [4.78, 5) is 14.6. The maximum Gasteiger partial charge on any atom is 0.321 e. The van der Waals surface area contributed by atoms with Gasteiger partial charge >= 0.3 is 6.03 Å². The quantitative estimate of drug-likeness (QED) is 0.836. The molecule has 2 fully saturated rings. The average molecular weight is 344 g/mol.